The fourth-order valence-electron chi connectivity index (χ4n) is 2.47. The van der Waals surface area contributed by atoms with Crippen molar-refractivity contribution >= 4 is 50.3 Å². The Labute approximate surface area is 165 Å². The lowest BCUT2D eigenvalue weighted by Gasteiger charge is -2.21. The van der Waals surface area contributed by atoms with Crippen LogP contribution in [0.3, 0.4) is 0 Å². The summed E-state index contributed by atoms with van der Waals surface area (Å²) < 4.78 is 27.3. The lowest BCUT2D eigenvalue weighted by molar-refractivity contribution is 0.445. The Morgan fingerprint density at radius 2 is 1.69 bits per heavy atom. The molecule has 0 amide bonds. The minimum absolute atomic E-state index is 0.210. The molecule has 140 valence electrons. The summed E-state index contributed by atoms with van der Waals surface area (Å²) >= 11 is 11.2. The molecular formula is C18H22ClN3O2S2. The molecule has 2 N–H and O–H groups in total. The lowest BCUT2D eigenvalue weighted by atomic mass is 10.2. The van der Waals surface area contributed by atoms with Gasteiger partial charge in [-0.25, -0.2) is 8.42 Å². The molecule has 26 heavy (non-hydrogen) atoms. The highest BCUT2D eigenvalue weighted by Crippen LogP contribution is 2.26. The lowest BCUT2D eigenvalue weighted by Crippen LogP contribution is -2.31. The predicted molar refractivity (Wildman–Crippen MR) is 113 cm³/mol. The minimum Gasteiger partial charge on any atom is -0.332 e. The number of nitrogens with one attached hydrogen (secondary N) is 2. The Hall–Kier alpha value is -1.67. The zero-order chi connectivity index (χ0) is 19.3. The van der Waals surface area contributed by atoms with E-state index in [0.29, 0.717) is 28.9 Å². The summed E-state index contributed by atoms with van der Waals surface area (Å²) in [5.41, 5.74) is 2.05. The number of nitrogens with zero attached hydrogens (tertiary/aromatic N) is 1. The zero-order valence-electron chi connectivity index (χ0n) is 14.9. The molecule has 0 radical (unpaired) electrons. The standard InChI is InChI=1S/C18H22ClN3O2S2/c1-4-22(5-2)26(23,24)17-12-13(3)6-11-16(17)21-18(25)20-15-9-7-14(19)8-10-15/h6-12H,4-5H2,1-3H3,(H2,20,21,25). The van der Waals surface area contributed by atoms with Crippen LogP contribution in [0.5, 0.6) is 0 Å². The molecule has 0 aromatic heterocycles. The smallest absolute Gasteiger partial charge is 0.245 e. The zero-order valence-corrected chi connectivity index (χ0v) is 17.3. The van der Waals surface area contributed by atoms with Crippen molar-refractivity contribution < 1.29 is 8.42 Å². The van der Waals surface area contributed by atoms with Crippen LogP contribution in [-0.2, 0) is 10.0 Å². The second-order valence-corrected chi connectivity index (χ2v) is 8.43. The molecule has 0 spiro atoms. The van der Waals surface area contributed by atoms with Crippen molar-refractivity contribution in [3.05, 3.63) is 53.1 Å². The molecular weight excluding hydrogens is 390 g/mol. The van der Waals surface area contributed by atoms with E-state index in [9.17, 15) is 8.42 Å². The molecule has 0 aliphatic carbocycles. The first kappa shape index (κ1) is 20.6. The van der Waals surface area contributed by atoms with E-state index in [1.807, 2.05) is 26.8 Å². The fraction of sp³-hybridized carbons (Fsp3) is 0.278. The van der Waals surface area contributed by atoms with E-state index in [0.717, 1.165) is 11.3 Å². The first-order valence-corrected chi connectivity index (χ1v) is 10.4. The molecule has 2 rings (SSSR count). The maximum atomic E-state index is 13.0. The number of aryl methyl sites for hydroxylation is 1. The summed E-state index contributed by atoms with van der Waals surface area (Å²) in [6.07, 6.45) is 0. The van der Waals surface area contributed by atoms with Gasteiger partial charge in [0, 0.05) is 23.8 Å². The number of hydrogen-bond donors (Lipinski definition) is 2. The first-order chi connectivity index (χ1) is 12.3. The molecule has 0 fully saturated rings. The van der Waals surface area contributed by atoms with Crippen LogP contribution in [0.1, 0.15) is 19.4 Å². The van der Waals surface area contributed by atoms with Gasteiger partial charge < -0.3 is 10.6 Å². The van der Waals surface area contributed by atoms with Crippen LogP contribution in [-0.4, -0.2) is 30.9 Å². The molecule has 0 saturated carbocycles. The molecule has 0 unspecified atom stereocenters. The average molecular weight is 412 g/mol. The number of thiocarbonyl (C=S) groups is 1. The second-order valence-electron chi connectivity index (χ2n) is 5.67. The van der Waals surface area contributed by atoms with E-state index < -0.39 is 10.0 Å². The normalized spacial score (nSPS) is 11.4. The van der Waals surface area contributed by atoms with Crippen LogP contribution in [0.25, 0.3) is 0 Å². The topological polar surface area (TPSA) is 61.4 Å². The van der Waals surface area contributed by atoms with E-state index in [2.05, 4.69) is 10.6 Å². The summed E-state index contributed by atoms with van der Waals surface area (Å²) in [6.45, 7) is 6.29. The maximum absolute atomic E-state index is 13.0. The maximum Gasteiger partial charge on any atom is 0.245 e. The van der Waals surface area contributed by atoms with Crippen molar-refractivity contribution in [2.75, 3.05) is 23.7 Å². The Bertz CT molecular complexity index is 880. The first-order valence-electron chi connectivity index (χ1n) is 8.22. The highest BCUT2D eigenvalue weighted by molar-refractivity contribution is 7.89. The van der Waals surface area contributed by atoms with Crippen molar-refractivity contribution in [1.29, 1.82) is 0 Å². The van der Waals surface area contributed by atoms with Crippen molar-refractivity contribution in [2.45, 2.75) is 25.7 Å². The quantitative estimate of drug-likeness (QED) is 0.686. The second kappa shape index (κ2) is 8.81. The number of benzene rings is 2. The number of hydrogen-bond acceptors (Lipinski definition) is 3. The Kier molecular flexibility index (Phi) is 7.00. The van der Waals surface area contributed by atoms with Crippen molar-refractivity contribution in [2.24, 2.45) is 0 Å². The highest BCUT2D eigenvalue weighted by Gasteiger charge is 2.25. The van der Waals surface area contributed by atoms with E-state index in [4.69, 9.17) is 23.8 Å². The van der Waals surface area contributed by atoms with Gasteiger partial charge in [0.1, 0.15) is 4.90 Å². The molecule has 2 aromatic carbocycles. The third-order valence-electron chi connectivity index (χ3n) is 3.81. The Balaban J connectivity index is 2.29. The third-order valence-corrected chi connectivity index (χ3v) is 6.36. The number of halogens is 1. The van der Waals surface area contributed by atoms with Gasteiger partial charge in [0.25, 0.3) is 0 Å². The molecule has 0 aliphatic rings. The predicted octanol–water partition coefficient (Wildman–Crippen LogP) is 4.49. The van der Waals surface area contributed by atoms with Crippen molar-refractivity contribution in [1.82, 2.24) is 4.31 Å². The van der Waals surface area contributed by atoms with Crippen LogP contribution >= 0.6 is 23.8 Å². The number of sulfonamides is 1. The van der Waals surface area contributed by atoms with Gasteiger partial charge >= 0.3 is 0 Å². The molecule has 0 bridgehead atoms. The van der Waals surface area contributed by atoms with Crippen molar-refractivity contribution in [3.63, 3.8) is 0 Å². The minimum atomic E-state index is -3.61. The van der Waals surface area contributed by atoms with Gasteiger partial charge in [-0.3, -0.25) is 0 Å². The summed E-state index contributed by atoms with van der Waals surface area (Å²) in [6, 6.07) is 12.3. The van der Waals surface area contributed by atoms with Crippen LogP contribution in [0.4, 0.5) is 11.4 Å². The molecule has 2 aromatic rings. The molecule has 0 saturated heterocycles. The molecule has 0 aliphatic heterocycles. The van der Waals surface area contributed by atoms with E-state index in [1.165, 1.54) is 4.31 Å². The van der Waals surface area contributed by atoms with Gasteiger partial charge in [-0.2, -0.15) is 4.31 Å². The van der Waals surface area contributed by atoms with Crippen LogP contribution in [0, 0.1) is 6.92 Å². The van der Waals surface area contributed by atoms with Crippen molar-refractivity contribution in [3.8, 4) is 0 Å². The molecule has 0 atom stereocenters. The highest BCUT2D eigenvalue weighted by atomic mass is 35.5. The molecule has 8 heteroatoms. The van der Waals surface area contributed by atoms with Crippen LogP contribution < -0.4 is 10.6 Å². The summed E-state index contributed by atoms with van der Waals surface area (Å²) in [7, 11) is -3.61. The number of rotatable bonds is 6. The SMILES string of the molecule is CCN(CC)S(=O)(=O)c1cc(C)ccc1NC(=S)Nc1ccc(Cl)cc1. The van der Waals surface area contributed by atoms with Gasteiger partial charge in [-0.15, -0.1) is 0 Å². The monoisotopic (exact) mass is 411 g/mol. The van der Waals surface area contributed by atoms with Gasteiger partial charge in [0.2, 0.25) is 10.0 Å². The summed E-state index contributed by atoms with van der Waals surface area (Å²) in [4.78, 5) is 0.210. The Morgan fingerprint density at radius 1 is 1.08 bits per heavy atom. The van der Waals surface area contributed by atoms with Crippen LogP contribution in [0.15, 0.2) is 47.4 Å². The van der Waals surface area contributed by atoms with Gasteiger partial charge in [-0.05, 0) is 61.1 Å². The van der Waals surface area contributed by atoms with E-state index >= 15 is 0 Å². The van der Waals surface area contributed by atoms with E-state index in [1.54, 1.807) is 36.4 Å². The summed E-state index contributed by atoms with van der Waals surface area (Å²) in [5.74, 6) is 0. The average Bonchev–Trinajstić information content (AvgIpc) is 2.59. The largest absolute Gasteiger partial charge is 0.332 e. The Morgan fingerprint density at radius 3 is 2.27 bits per heavy atom. The van der Waals surface area contributed by atoms with Gasteiger partial charge in [-0.1, -0.05) is 31.5 Å². The van der Waals surface area contributed by atoms with Gasteiger partial charge in [0.05, 0.1) is 5.69 Å². The number of anilines is 2. The summed E-state index contributed by atoms with van der Waals surface area (Å²) in [5, 5.41) is 6.94. The molecule has 0 heterocycles. The van der Waals surface area contributed by atoms with Gasteiger partial charge in [0.15, 0.2) is 5.11 Å². The third kappa shape index (κ3) is 4.94. The van der Waals surface area contributed by atoms with Crippen LogP contribution in [0.2, 0.25) is 5.02 Å². The fourth-order valence-corrected chi connectivity index (χ4v) is 4.51. The van der Waals surface area contributed by atoms with E-state index in [-0.39, 0.29) is 4.90 Å². The molecule has 5 nitrogen and oxygen atoms in total.